The van der Waals surface area contributed by atoms with Crippen LogP contribution >= 0.6 is 0 Å². The van der Waals surface area contributed by atoms with Gasteiger partial charge in [-0.05, 0) is 49.2 Å². The zero-order chi connectivity index (χ0) is 21.5. The first-order valence-corrected chi connectivity index (χ1v) is 9.58. The molecule has 0 fully saturated rings. The molecule has 2 N–H and O–H groups in total. The molecule has 5 nitrogen and oxygen atoms in total. The summed E-state index contributed by atoms with van der Waals surface area (Å²) >= 11 is 0. The van der Waals surface area contributed by atoms with Crippen molar-refractivity contribution in [3.05, 3.63) is 94.8 Å². The predicted octanol–water partition coefficient (Wildman–Crippen LogP) is 3.66. The third kappa shape index (κ3) is 3.15. The molecule has 0 bridgehead atoms. The number of nitrogens with zero attached hydrogens (tertiary/aromatic N) is 1. The van der Waals surface area contributed by atoms with E-state index in [4.69, 9.17) is 0 Å². The number of nitrogens with one attached hydrogen (secondary N) is 1. The van der Waals surface area contributed by atoms with Crippen molar-refractivity contribution >= 4 is 23.2 Å². The van der Waals surface area contributed by atoms with Crippen molar-refractivity contribution in [2.75, 3.05) is 16.8 Å². The fraction of sp³-hybridized carbons (Fsp3) is 0.167. The van der Waals surface area contributed by atoms with Gasteiger partial charge in [0.2, 0.25) is 5.91 Å². The summed E-state index contributed by atoms with van der Waals surface area (Å²) in [5.74, 6) is -1.64. The summed E-state index contributed by atoms with van der Waals surface area (Å²) in [6.07, 6.45) is 0. The number of aliphatic hydroxyl groups is 1. The monoisotopic (exact) mass is 404 g/mol. The lowest BCUT2D eigenvalue weighted by Gasteiger charge is -2.23. The van der Waals surface area contributed by atoms with E-state index in [1.165, 1.54) is 23.1 Å². The van der Waals surface area contributed by atoms with Gasteiger partial charge >= 0.3 is 0 Å². The molecule has 3 aromatic carbocycles. The van der Waals surface area contributed by atoms with Crippen LogP contribution in [0.3, 0.4) is 0 Å². The molecule has 30 heavy (non-hydrogen) atoms. The van der Waals surface area contributed by atoms with Gasteiger partial charge in [-0.25, -0.2) is 4.39 Å². The summed E-state index contributed by atoms with van der Waals surface area (Å²) in [4.78, 5) is 27.3. The van der Waals surface area contributed by atoms with Crippen LogP contribution < -0.4 is 10.2 Å². The highest BCUT2D eigenvalue weighted by Crippen LogP contribution is 2.44. The minimum absolute atomic E-state index is 0.123. The Hall–Kier alpha value is -3.51. The van der Waals surface area contributed by atoms with E-state index in [0.29, 0.717) is 16.9 Å². The molecule has 1 atom stereocenters. The highest BCUT2D eigenvalue weighted by atomic mass is 19.1. The molecule has 152 valence electrons. The number of hydrogen-bond acceptors (Lipinski definition) is 3. The maximum Gasteiger partial charge on any atom is 0.268 e. The molecule has 0 radical (unpaired) electrons. The van der Waals surface area contributed by atoms with Crippen molar-refractivity contribution in [3.63, 3.8) is 0 Å². The van der Waals surface area contributed by atoms with Crippen molar-refractivity contribution < 1.29 is 19.1 Å². The summed E-state index contributed by atoms with van der Waals surface area (Å²) in [5.41, 5.74) is 1.45. The van der Waals surface area contributed by atoms with Crippen molar-refractivity contribution in [1.29, 1.82) is 0 Å². The Morgan fingerprint density at radius 1 is 1.07 bits per heavy atom. The number of aryl methyl sites for hydroxylation is 1. The maximum absolute atomic E-state index is 13.8. The lowest BCUT2D eigenvalue weighted by atomic mass is 9.87. The van der Waals surface area contributed by atoms with Crippen LogP contribution in [0.15, 0.2) is 66.7 Å². The fourth-order valence-electron chi connectivity index (χ4n) is 3.80. The molecule has 3 aromatic rings. The van der Waals surface area contributed by atoms with E-state index < -0.39 is 23.2 Å². The van der Waals surface area contributed by atoms with Gasteiger partial charge in [0, 0.05) is 16.8 Å². The Morgan fingerprint density at radius 3 is 2.57 bits per heavy atom. The molecule has 1 aliphatic rings. The van der Waals surface area contributed by atoms with Gasteiger partial charge < -0.3 is 10.4 Å². The Bertz CT molecular complexity index is 1160. The molecule has 4 rings (SSSR count). The molecule has 0 aromatic heterocycles. The average molecular weight is 404 g/mol. The Morgan fingerprint density at radius 2 is 1.80 bits per heavy atom. The highest BCUT2D eigenvalue weighted by Gasteiger charge is 2.51. The summed E-state index contributed by atoms with van der Waals surface area (Å²) in [6.45, 7) is 3.58. The van der Waals surface area contributed by atoms with E-state index in [1.807, 2.05) is 26.0 Å². The first-order valence-electron chi connectivity index (χ1n) is 9.58. The van der Waals surface area contributed by atoms with Crippen molar-refractivity contribution in [2.45, 2.75) is 19.4 Å². The summed E-state index contributed by atoms with van der Waals surface area (Å²) in [6, 6.07) is 17.6. The molecule has 0 aliphatic carbocycles. The first-order chi connectivity index (χ1) is 14.3. The molecule has 1 unspecified atom stereocenters. The Labute approximate surface area is 173 Å². The van der Waals surface area contributed by atoms with Crippen LogP contribution in [0.1, 0.15) is 22.3 Å². The topological polar surface area (TPSA) is 69.6 Å². The van der Waals surface area contributed by atoms with E-state index in [0.717, 1.165) is 17.2 Å². The van der Waals surface area contributed by atoms with E-state index >= 15 is 0 Å². The summed E-state index contributed by atoms with van der Waals surface area (Å²) in [5, 5.41) is 14.2. The highest BCUT2D eigenvalue weighted by molar-refractivity contribution is 6.12. The Balaban J connectivity index is 1.67. The minimum Gasteiger partial charge on any atom is -0.372 e. The number of carbonyl (C=O) groups excluding carboxylic acids is 2. The smallest absolute Gasteiger partial charge is 0.268 e. The molecule has 2 amide bonds. The van der Waals surface area contributed by atoms with Gasteiger partial charge in [-0.3, -0.25) is 14.5 Å². The average Bonchev–Trinajstić information content (AvgIpc) is 2.94. The van der Waals surface area contributed by atoms with Gasteiger partial charge in [0.05, 0.1) is 5.69 Å². The number of amides is 2. The second kappa shape index (κ2) is 7.39. The van der Waals surface area contributed by atoms with Crippen LogP contribution in [0.4, 0.5) is 15.8 Å². The maximum atomic E-state index is 13.8. The number of anilines is 2. The fourth-order valence-corrected chi connectivity index (χ4v) is 3.80. The number of rotatable bonds is 4. The molecule has 1 aliphatic heterocycles. The number of halogens is 1. The van der Waals surface area contributed by atoms with Gasteiger partial charge in [0.1, 0.15) is 12.4 Å². The number of carbonyl (C=O) groups is 2. The molecule has 0 spiro atoms. The van der Waals surface area contributed by atoms with Gasteiger partial charge in [-0.1, -0.05) is 42.5 Å². The van der Waals surface area contributed by atoms with Crippen molar-refractivity contribution in [3.8, 4) is 0 Å². The van der Waals surface area contributed by atoms with Crippen molar-refractivity contribution in [1.82, 2.24) is 0 Å². The first kappa shape index (κ1) is 19.8. The number of fused-ring (bicyclic) bond motifs is 1. The zero-order valence-corrected chi connectivity index (χ0v) is 16.6. The molecule has 1 heterocycles. The number of benzene rings is 3. The van der Waals surface area contributed by atoms with E-state index in [9.17, 15) is 19.1 Å². The third-order valence-electron chi connectivity index (χ3n) is 5.56. The van der Waals surface area contributed by atoms with E-state index in [1.54, 1.807) is 30.3 Å². The molecule has 6 heteroatoms. The standard InChI is InChI=1S/C24H21FN2O3/c1-15-7-5-11-20(16(15)2)26-22(28)14-27-21-12-4-3-10-19(21)24(30,23(27)29)17-8-6-9-18(25)13-17/h3-13,30H,14H2,1-2H3,(H,26,28). The largest absolute Gasteiger partial charge is 0.372 e. The van der Waals surface area contributed by atoms with Crippen LogP contribution in [0.25, 0.3) is 0 Å². The second-order valence-corrected chi connectivity index (χ2v) is 7.42. The van der Waals surface area contributed by atoms with Crippen LogP contribution in [-0.2, 0) is 15.2 Å². The van der Waals surface area contributed by atoms with Crippen LogP contribution in [0, 0.1) is 19.7 Å². The van der Waals surface area contributed by atoms with Crippen molar-refractivity contribution in [2.24, 2.45) is 0 Å². The number of para-hydroxylation sites is 1. The Kier molecular flexibility index (Phi) is 4.87. The summed E-state index contributed by atoms with van der Waals surface area (Å²) in [7, 11) is 0. The molecular weight excluding hydrogens is 383 g/mol. The normalized spacial score (nSPS) is 17.7. The lowest BCUT2D eigenvalue weighted by molar-refractivity contribution is -0.133. The van der Waals surface area contributed by atoms with Gasteiger partial charge in [0.15, 0.2) is 5.60 Å². The molecule has 0 saturated heterocycles. The number of hydrogen-bond donors (Lipinski definition) is 2. The van der Waals surface area contributed by atoms with Crippen LogP contribution in [0.2, 0.25) is 0 Å². The zero-order valence-electron chi connectivity index (χ0n) is 16.6. The SMILES string of the molecule is Cc1cccc(NC(=O)CN2C(=O)C(O)(c3cccc(F)c3)c3ccccc32)c1C. The third-order valence-corrected chi connectivity index (χ3v) is 5.56. The predicted molar refractivity (Wildman–Crippen MR) is 113 cm³/mol. The quantitative estimate of drug-likeness (QED) is 0.697. The molecule has 0 saturated carbocycles. The van der Waals surface area contributed by atoms with E-state index in [2.05, 4.69) is 5.32 Å². The van der Waals surface area contributed by atoms with Crippen LogP contribution in [0.5, 0.6) is 0 Å². The minimum atomic E-state index is -2.06. The van der Waals surface area contributed by atoms with Gasteiger partial charge in [-0.15, -0.1) is 0 Å². The van der Waals surface area contributed by atoms with E-state index in [-0.39, 0.29) is 12.1 Å². The second-order valence-electron chi connectivity index (χ2n) is 7.42. The van der Waals surface area contributed by atoms with Gasteiger partial charge in [0.25, 0.3) is 5.91 Å². The molecular formula is C24H21FN2O3. The van der Waals surface area contributed by atoms with Gasteiger partial charge in [-0.2, -0.15) is 0 Å². The summed E-state index contributed by atoms with van der Waals surface area (Å²) < 4.78 is 13.8. The van der Waals surface area contributed by atoms with Crippen LogP contribution in [-0.4, -0.2) is 23.5 Å². The lowest BCUT2D eigenvalue weighted by Crippen LogP contribution is -2.44.